The molecular weight excluding hydrogens is 398 g/mol. The molecule has 30 heavy (non-hydrogen) atoms. The van der Waals surface area contributed by atoms with E-state index in [1.807, 2.05) is 37.3 Å². The summed E-state index contributed by atoms with van der Waals surface area (Å²) in [7, 11) is 0. The predicted molar refractivity (Wildman–Crippen MR) is 120 cm³/mol. The lowest BCUT2D eigenvalue weighted by Crippen LogP contribution is -2.30. The molecule has 1 aliphatic rings. The number of hydrogen-bond acceptors (Lipinski definition) is 4. The smallest absolute Gasteiger partial charge is 0.142 e. The Hall–Kier alpha value is -2.31. The van der Waals surface area contributed by atoms with E-state index in [-0.39, 0.29) is 5.92 Å². The van der Waals surface area contributed by atoms with Gasteiger partial charge in [0.15, 0.2) is 0 Å². The van der Waals surface area contributed by atoms with Crippen LogP contribution in [0.25, 0.3) is 0 Å². The van der Waals surface area contributed by atoms with Crippen LogP contribution in [0.5, 0.6) is 0 Å². The molecule has 0 saturated heterocycles. The van der Waals surface area contributed by atoms with Crippen molar-refractivity contribution < 1.29 is 18.6 Å². The second kappa shape index (κ2) is 10.1. The van der Waals surface area contributed by atoms with Gasteiger partial charge in [0.2, 0.25) is 0 Å². The highest BCUT2D eigenvalue weighted by molar-refractivity contribution is 7.80. The van der Waals surface area contributed by atoms with Gasteiger partial charge >= 0.3 is 0 Å². The van der Waals surface area contributed by atoms with E-state index in [2.05, 4.69) is 23.8 Å². The van der Waals surface area contributed by atoms with E-state index in [0.717, 1.165) is 37.7 Å². The average molecular weight is 429 g/mol. The second-order valence-electron chi connectivity index (χ2n) is 7.93. The van der Waals surface area contributed by atoms with Gasteiger partial charge in [0.25, 0.3) is 0 Å². The minimum absolute atomic E-state index is 0.123. The Labute approximate surface area is 181 Å². The molecule has 3 rings (SSSR count). The third-order valence-electron chi connectivity index (χ3n) is 5.73. The molecule has 5 nitrogen and oxygen atoms in total. The molecule has 1 heterocycles. The maximum Gasteiger partial charge on any atom is 0.142 e. The first-order valence-corrected chi connectivity index (χ1v) is 11.6. The van der Waals surface area contributed by atoms with Crippen LogP contribution in [0.1, 0.15) is 63.0 Å². The summed E-state index contributed by atoms with van der Waals surface area (Å²) in [5, 5.41) is 10.9. The highest BCUT2D eigenvalue weighted by Crippen LogP contribution is 2.45. The SMILES string of the molecule is CCCC1(CCc2ccccc2)CC(O)=C(C(CC)c2cccc(NS(=O)[O-])c2)O1. The van der Waals surface area contributed by atoms with E-state index in [0.29, 0.717) is 23.6 Å². The molecule has 0 fully saturated rings. The van der Waals surface area contributed by atoms with Gasteiger partial charge in [-0.3, -0.25) is 4.21 Å². The second-order valence-corrected chi connectivity index (χ2v) is 8.61. The van der Waals surface area contributed by atoms with Crippen molar-refractivity contribution in [1.82, 2.24) is 0 Å². The maximum absolute atomic E-state index is 11.0. The summed E-state index contributed by atoms with van der Waals surface area (Å²) < 4.78 is 30.9. The summed E-state index contributed by atoms with van der Waals surface area (Å²) in [5.41, 5.74) is 2.29. The van der Waals surface area contributed by atoms with Crippen molar-refractivity contribution >= 4 is 17.0 Å². The van der Waals surface area contributed by atoms with Gasteiger partial charge in [0.1, 0.15) is 17.1 Å². The molecule has 2 aromatic rings. The Balaban J connectivity index is 1.80. The fourth-order valence-corrected chi connectivity index (χ4v) is 4.68. The van der Waals surface area contributed by atoms with Gasteiger partial charge in [0.05, 0.1) is 0 Å². The number of aryl methyl sites for hydroxylation is 1. The summed E-state index contributed by atoms with van der Waals surface area (Å²) in [6, 6.07) is 17.6. The number of nitrogens with one attached hydrogen (secondary N) is 1. The van der Waals surface area contributed by atoms with Gasteiger partial charge in [-0.05, 0) is 48.9 Å². The van der Waals surface area contributed by atoms with Crippen LogP contribution in [0.3, 0.4) is 0 Å². The standard InChI is InChI=1S/C24H31NO4S/c1-3-14-24(15-13-18-9-6-5-7-10-18)17-22(26)23(29-24)21(4-2)19-11-8-12-20(16-19)25-30(27)28/h5-12,16,21,25-26H,3-4,13-15,17H2,1-2H3,(H,27,28)/p-1. The molecule has 6 heteroatoms. The predicted octanol–water partition coefficient (Wildman–Crippen LogP) is 5.75. The fraction of sp³-hybridized carbons (Fsp3) is 0.417. The molecule has 1 aliphatic heterocycles. The number of benzene rings is 2. The molecule has 0 radical (unpaired) electrons. The monoisotopic (exact) mass is 428 g/mol. The number of allylic oxidation sites excluding steroid dienone is 1. The van der Waals surface area contributed by atoms with Crippen molar-refractivity contribution in [3.05, 3.63) is 77.2 Å². The van der Waals surface area contributed by atoms with Crippen molar-refractivity contribution in [2.75, 3.05) is 4.72 Å². The van der Waals surface area contributed by atoms with E-state index in [1.54, 1.807) is 12.1 Å². The Morgan fingerprint density at radius 2 is 1.93 bits per heavy atom. The molecule has 0 aromatic heterocycles. The van der Waals surface area contributed by atoms with E-state index in [4.69, 9.17) is 4.74 Å². The first-order valence-electron chi connectivity index (χ1n) is 10.6. The van der Waals surface area contributed by atoms with Crippen LogP contribution in [0.15, 0.2) is 66.1 Å². The van der Waals surface area contributed by atoms with Crippen LogP contribution in [-0.4, -0.2) is 19.5 Å². The number of aliphatic hydroxyl groups is 1. The molecule has 162 valence electrons. The zero-order chi connectivity index (χ0) is 21.6. The molecule has 0 aliphatic carbocycles. The summed E-state index contributed by atoms with van der Waals surface area (Å²) in [6.45, 7) is 4.18. The van der Waals surface area contributed by atoms with Gasteiger partial charge in [0, 0.05) is 29.3 Å². The van der Waals surface area contributed by atoms with Crippen LogP contribution >= 0.6 is 0 Å². The Morgan fingerprint density at radius 3 is 2.60 bits per heavy atom. The molecule has 0 saturated carbocycles. The Bertz CT molecular complexity index is 899. The number of hydrogen-bond donors (Lipinski definition) is 2. The average Bonchev–Trinajstić information content (AvgIpc) is 3.04. The number of rotatable bonds is 10. The highest BCUT2D eigenvalue weighted by atomic mass is 32.2. The normalized spacial score (nSPS) is 20.6. The first kappa shape index (κ1) is 22.4. The molecule has 3 unspecified atom stereocenters. The van der Waals surface area contributed by atoms with Crippen molar-refractivity contribution in [3.8, 4) is 0 Å². The van der Waals surface area contributed by atoms with Crippen molar-refractivity contribution in [3.63, 3.8) is 0 Å². The molecular formula is C24H30NO4S-. The van der Waals surface area contributed by atoms with Crippen molar-refractivity contribution in [1.29, 1.82) is 0 Å². The minimum atomic E-state index is -2.38. The van der Waals surface area contributed by atoms with E-state index < -0.39 is 16.9 Å². The van der Waals surface area contributed by atoms with Crippen LogP contribution in [0.2, 0.25) is 0 Å². The molecule has 3 atom stereocenters. The molecule has 2 N–H and O–H groups in total. The lowest BCUT2D eigenvalue weighted by atomic mass is 9.87. The first-order chi connectivity index (χ1) is 14.5. The van der Waals surface area contributed by atoms with E-state index >= 15 is 0 Å². The Kier molecular flexibility index (Phi) is 7.56. The lowest BCUT2D eigenvalue weighted by molar-refractivity contribution is 0.00246. The molecule has 0 bridgehead atoms. The van der Waals surface area contributed by atoms with Gasteiger partial charge in [-0.2, -0.15) is 0 Å². The number of anilines is 1. The molecule has 0 amide bonds. The van der Waals surface area contributed by atoms with Crippen LogP contribution < -0.4 is 4.72 Å². The molecule has 0 spiro atoms. The van der Waals surface area contributed by atoms with Crippen LogP contribution in [0, 0.1) is 0 Å². The third-order valence-corrected chi connectivity index (χ3v) is 6.14. The number of aliphatic hydroxyl groups excluding tert-OH is 1. The molecule has 2 aromatic carbocycles. The number of ether oxygens (including phenoxy) is 1. The summed E-state index contributed by atoms with van der Waals surface area (Å²) in [4.78, 5) is 0. The van der Waals surface area contributed by atoms with Crippen LogP contribution in [0.4, 0.5) is 5.69 Å². The summed E-state index contributed by atoms with van der Waals surface area (Å²) in [5.74, 6) is 0.816. The van der Waals surface area contributed by atoms with Gasteiger partial charge in [-0.1, -0.05) is 62.7 Å². The maximum atomic E-state index is 11.0. The fourth-order valence-electron chi connectivity index (χ4n) is 4.36. The highest BCUT2D eigenvalue weighted by Gasteiger charge is 2.42. The van der Waals surface area contributed by atoms with Crippen molar-refractivity contribution in [2.45, 2.75) is 63.9 Å². The third kappa shape index (κ3) is 5.43. The van der Waals surface area contributed by atoms with E-state index in [9.17, 15) is 13.9 Å². The van der Waals surface area contributed by atoms with Gasteiger partial charge < -0.3 is 19.1 Å². The topological polar surface area (TPSA) is 81.6 Å². The van der Waals surface area contributed by atoms with Gasteiger partial charge in [-0.15, -0.1) is 0 Å². The zero-order valence-corrected chi connectivity index (χ0v) is 18.4. The van der Waals surface area contributed by atoms with Gasteiger partial charge in [-0.25, -0.2) is 0 Å². The minimum Gasteiger partial charge on any atom is -0.755 e. The quantitative estimate of drug-likeness (QED) is 0.472. The van der Waals surface area contributed by atoms with Crippen LogP contribution in [-0.2, 0) is 22.4 Å². The van der Waals surface area contributed by atoms with Crippen molar-refractivity contribution in [2.24, 2.45) is 0 Å². The summed E-state index contributed by atoms with van der Waals surface area (Å²) in [6.07, 6.45) is 4.84. The zero-order valence-electron chi connectivity index (χ0n) is 17.6. The van der Waals surface area contributed by atoms with E-state index in [1.165, 1.54) is 5.56 Å². The largest absolute Gasteiger partial charge is 0.755 e. The Morgan fingerprint density at radius 1 is 1.17 bits per heavy atom. The lowest BCUT2D eigenvalue weighted by Gasteiger charge is -2.31. The summed E-state index contributed by atoms with van der Waals surface area (Å²) >= 11 is -2.38.